The first-order chi connectivity index (χ1) is 8.99. The van der Waals surface area contributed by atoms with Crippen molar-refractivity contribution in [1.82, 2.24) is 15.1 Å². The van der Waals surface area contributed by atoms with E-state index in [1.165, 1.54) is 23.4 Å². The molecule has 0 aliphatic rings. The van der Waals surface area contributed by atoms with Gasteiger partial charge in [-0.05, 0) is 32.4 Å². The summed E-state index contributed by atoms with van der Waals surface area (Å²) >= 11 is 0. The highest BCUT2D eigenvalue weighted by atomic mass is 16.1. The fourth-order valence-electron chi connectivity index (χ4n) is 2.25. The monoisotopic (exact) mass is 259 g/mol. The molecule has 0 radical (unpaired) electrons. The number of carbonyl (C=O) groups is 1. The molecule has 0 saturated heterocycles. The number of aromatic nitrogens is 2. The van der Waals surface area contributed by atoms with Crippen LogP contribution in [0.25, 0.3) is 10.9 Å². The molecule has 0 fully saturated rings. The van der Waals surface area contributed by atoms with E-state index in [1.807, 2.05) is 0 Å². The van der Waals surface area contributed by atoms with Crippen molar-refractivity contribution < 1.29 is 4.79 Å². The van der Waals surface area contributed by atoms with E-state index in [0.29, 0.717) is 12.6 Å². The maximum absolute atomic E-state index is 10.9. The maximum Gasteiger partial charge on any atom is 0.216 e. The summed E-state index contributed by atoms with van der Waals surface area (Å²) in [6, 6.07) is 6.74. The fraction of sp³-hybridized carbons (Fsp3) is 0.467. The summed E-state index contributed by atoms with van der Waals surface area (Å²) in [4.78, 5) is 10.9. The number of rotatable bonds is 4. The molecule has 2 rings (SSSR count). The standard InChI is InChI=1S/C15H21N3O/c1-10(2)18-15-9-11(3)5-6-13(15)14(17-18)7-8-16-12(4)19/h5-6,9-10H,7-8H2,1-4H3,(H,16,19). The average molecular weight is 259 g/mol. The van der Waals surface area contributed by atoms with Crippen molar-refractivity contribution in [2.75, 3.05) is 6.54 Å². The van der Waals surface area contributed by atoms with Crippen molar-refractivity contribution in [3.05, 3.63) is 29.5 Å². The lowest BCUT2D eigenvalue weighted by molar-refractivity contribution is -0.118. The Morgan fingerprint density at radius 2 is 2.16 bits per heavy atom. The van der Waals surface area contributed by atoms with E-state index in [2.05, 4.69) is 49.0 Å². The quantitative estimate of drug-likeness (QED) is 0.917. The van der Waals surface area contributed by atoms with Gasteiger partial charge in [0.25, 0.3) is 0 Å². The lowest BCUT2D eigenvalue weighted by Crippen LogP contribution is -2.22. The number of fused-ring (bicyclic) bond motifs is 1. The first-order valence-electron chi connectivity index (χ1n) is 6.71. The number of benzene rings is 1. The molecule has 0 saturated carbocycles. The molecule has 0 atom stereocenters. The Balaban J connectivity index is 2.36. The summed E-state index contributed by atoms with van der Waals surface area (Å²) in [5, 5.41) is 8.70. The summed E-state index contributed by atoms with van der Waals surface area (Å²) in [7, 11) is 0. The Morgan fingerprint density at radius 1 is 1.42 bits per heavy atom. The van der Waals surface area contributed by atoms with Gasteiger partial charge in [-0.1, -0.05) is 12.1 Å². The normalized spacial score (nSPS) is 11.2. The molecule has 1 amide bonds. The van der Waals surface area contributed by atoms with E-state index < -0.39 is 0 Å². The number of hydrogen-bond acceptors (Lipinski definition) is 2. The van der Waals surface area contributed by atoms with Gasteiger partial charge in [-0.15, -0.1) is 0 Å². The number of nitrogens with one attached hydrogen (secondary N) is 1. The molecule has 0 spiro atoms. The van der Waals surface area contributed by atoms with Crippen LogP contribution < -0.4 is 5.32 Å². The molecular weight excluding hydrogens is 238 g/mol. The van der Waals surface area contributed by atoms with Gasteiger partial charge < -0.3 is 5.32 Å². The van der Waals surface area contributed by atoms with E-state index in [4.69, 9.17) is 5.10 Å². The fourth-order valence-corrected chi connectivity index (χ4v) is 2.25. The van der Waals surface area contributed by atoms with Gasteiger partial charge in [0, 0.05) is 31.3 Å². The van der Waals surface area contributed by atoms with Gasteiger partial charge in [0.15, 0.2) is 0 Å². The van der Waals surface area contributed by atoms with Crippen LogP contribution >= 0.6 is 0 Å². The highest BCUT2D eigenvalue weighted by molar-refractivity contribution is 5.83. The number of aryl methyl sites for hydroxylation is 1. The molecule has 1 heterocycles. The number of hydrogen-bond donors (Lipinski definition) is 1. The molecular formula is C15H21N3O. The van der Waals surface area contributed by atoms with Gasteiger partial charge >= 0.3 is 0 Å². The molecule has 1 N–H and O–H groups in total. The minimum absolute atomic E-state index is 0.00319. The summed E-state index contributed by atoms with van der Waals surface area (Å²) in [6.07, 6.45) is 0.763. The first kappa shape index (κ1) is 13.6. The molecule has 4 heteroatoms. The van der Waals surface area contributed by atoms with Crippen molar-refractivity contribution in [3.8, 4) is 0 Å². The van der Waals surface area contributed by atoms with Crippen LogP contribution in [0.1, 0.15) is 38.1 Å². The topological polar surface area (TPSA) is 46.9 Å². The Bertz CT molecular complexity index is 599. The Kier molecular flexibility index (Phi) is 3.88. The second-order valence-electron chi connectivity index (χ2n) is 5.24. The zero-order valence-corrected chi connectivity index (χ0v) is 12.0. The predicted molar refractivity (Wildman–Crippen MR) is 77.2 cm³/mol. The molecule has 19 heavy (non-hydrogen) atoms. The van der Waals surface area contributed by atoms with Gasteiger partial charge in [-0.2, -0.15) is 5.10 Å². The highest BCUT2D eigenvalue weighted by Gasteiger charge is 2.12. The van der Waals surface area contributed by atoms with E-state index in [0.717, 1.165) is 12.1 Å². The predicted octanol–water partition coefficient (Wildman–Crippen LogP) is 2.60. The Hall–Kier alpha value is -1.84. The third-order valence-electron chi connectivity index (χ3n) is 3.16. The third kappa shape index (κ3) is 2.95. The minimum Gasteiger partial charge on any atom is -0.356 e. The first-order valence-corrected chi connectivity index (χ1v) is 6.71. The van der Waals surface area contributed by atoms with E-state index in [9.17, 15) is 4.79 Å². The van der Waals surface area contributed by atoms with Gasteiger partial charge in [0.1, 0.15) is 0 Å². The molecule has 0 aliphatic carbocycles. The highest BCUT2D eigenvalue weighted by Crippen LogP contribution is 2.23. The molecule has 0 bridgehead atoms. The maximum atomic E-state index is 10.9. The van der Waals surface area contributed by atoms with Gasteiger partial charge in [0.2, 0.25) is 5.91 Å². The molecule has 2 aromatic rings. The van der Waals surface area contributed by atoms with Crippen molar-refractivity contribution in [2.45, 2.75) is 40.2 Å². The molecule has 1 aromatic heterocycles. The van der Waals surface area contributed by atoms with Crippen molar-refractivity contribution in [1.29, 1.82) is 0 Å². The van der Waals surface area contributed by atoms with Gasteiger partial charge in [-0.3, -0.25) is 9.48 Å². The summed E-state index contributed by atoms with van der Waals surface area (Å²) in [5.41, 5.74) is 3.47. The second-order valence-corrected chi connectivity index (χ2v) is 5.24. The van der Waals surface area contributed by atoms with Crippen LogP contribution in [0.15, 0.2) is 18.2 Å². The van der Waals surface area contributed by atoms with Gasteiger partial charge in [0.05, 0.1) is 11.2 Å². The zero-order chi connectivity index (χ0) is 14.0. The van der Waals surface area contributed by atoms with Gasteiger partial charge in [-0.25, -0.2) is 0 Å². The number of carbonyl (C=O) groups excluding carboxylic acids is 1. The average Bonchev–Trinajstić information content (AvgIpc) is 2.67. The molecule has 1 aromatic carbocycles. The molecule has 0 aliphatic heterocycles. The van der Waals surface area contributed by atoms with Crippen molar-refractivity contribution >= 4 is 16.8 Å². The van der Waals surface area contributed by atoms with Crippen molar-refractivity contribution in [3.63, 3.8) is 0 Å². The number of nitrogens with zero attached hydrogens (tertiary/aromatic N) is 2. The van der Waals surface area contributed by atoms with E-state index in [1.54, 1.807) is 0 Å². The van der Waals surface area contributed by atoms with Crippen LogP contribution in [0.2, 0.25) is 0 Å². The SMILES string of the molecule is CC(=O)NCCc1nn(C(C)C)c2cc(C)ccc12. The van der Waals surface area contributed by atoms with Crippen LogP contribution in [0.5, 0.6) is 0 Å². The number of amides is 1. The van der Waals surface area contributed by atoms with Crippen LogP contribution in [-0.4, -0.2) is 22.2 Å². The lowest BCUT2D eigenvalue weighted by Gasteiger charge is -2.07. The lowest BCUT2D eigenvalue weighted by atomic mass is 10.1. The van der Waals surface area contributed by atoms with Crippen molar-refractivity contribution in [2.24, 2.45) is 0 Å². The zero-order valence-electron chi connectivity index (χ0n) is 12.0. The third-order valence-corrected chi connectivity index (χ3v) is 3.16. The van der Waals surface area contributed by atoms with Crippen LogP contribution in [0.3, 0.4) is 0 Å². The van der Waals surface area contributed by atoms with E-state index >= 15 is 0 Å². The minimum atomic E-state index is 0.00319. The summed E-state index contributed by atoms with van der Waals surface area (Å²) in [6.45, 7) is 8.52. The Morgan fingerprint density at radius 3 is 2.79 bits per heavy atom. The van der Waals surface area contributed by atoms with Crippen LogP contribution in [0.4, 0.5) is 0 Å². The molecule has 4 nitrogen and oxygen atoms in total. The Labute approximate surface area is 113 Å². The largest absolute Gasteiger partial charge is 0.356 e. The smallest absolute Gasteiger partial charge is 0.216 e. The summed E-state index contributed by atoms with van der Waals surface area (Å²) < 4.78 is 2.06. The van der Waals surface area contributed by atoms with Crippen LogP contribution in [-0.2, 0) is 11.2 Å². The van der Waals surface area contributed by atoms with E-state index in [-0.39, 0.29) is 5.91 Å². The second kappa shape index (κ2) is 5.43. The summed E-state index contributed by atoms with van der Waals surface area (Å²) in [5.74, 6) is 0.00319. The van der Waals surface area contributed by atoms with Crippen LogP contribution in [0, 0.1) is 6.92 Å². The molecule has 102 valence electrons. The molecule has 0 unspecified atom stereocenters.